The molecular weight excluding hydrogens is 344 g/mol. The van der Waals surface area contributed by atoms with Gasteiger partial charge in [0, 0.05) is 15.6 Å². The van der Waals surface area contributed by atoms with Gasteiger partial charge >= 0.3 is 0 Å². The summed E-state index contributed by atoms with van der Waals surface area (Å²) in [6.45, 7) is 2.44. The van der Waals surface area contributed by atoms with Gasteiger partial charge in [0.05, 0.1) is 5.92 Å². The first kappa shape index (κ1) is 14.9. The van der Waals surface area contributed by atoms with Gasteiger partial charge in [0.25, 0.3) is 6.02 Å². The lowest BCUT2D eigenvalue weighted by Crippen LogP contribution is -2.21. The zero-order chi connectivity index (χ0) is 15.7. The van der Waals surface area contributed by atoms with Crippen molar-refractivity contribution in [2.45, 2.75) is 19.3 Å². The van der Waals surface area contributed by atoms with Gasteiger partial charge in [-0.05, 0) is 36.2 Å². The van der Waals surface area contributed by atoms with E-state index in [-0.39, 0.29) is 11.9 Å². The highest BCUT2D eigenvalue weighted by Crippen LogP contribution is 2.45. The van der Waals surface area contributed by atoms with E-state index in [0.717, 1.165) is 33.5 Å². The van der Waals surface area contributed by atoms with Gasteiger partial charge < -0.3 is 15.2 Å². The van der Waals surface area contributed by atoms with E-state index in [1.807, 2.05) is 24.3 Å². The third kappa shape index (κ3) is 2.81. The number of hydrogen-bond donors (Lipinski definition) is 2. The zero-order valence-electron chi connectivity index (χ0n) is 12.2. The largest absolute Gasteiger partial charge is 0.465 e. The van der Waals surface area contributed by atoms with Crippen molar-refractivity contribution in [2.75, 3.05) is 6.61 Å². The number of nitrogens with one attached hydrogen (secondary N) is 1. The Morgan fingerprint density at radius 2 is 1.91 bits per heavy atom. The van der Waals surface area contributed by atoms with Crippen molar-refractivity contribution in [1.29, 1.82) is 5.41 Å². The second-order valence-corrected chi connectivity index (χ2v) is 6.15. The van der Waals surface area contributed by atoms with Crippen LogP contribution in [0.25, 0.3) is 0 Å². The van der Waals surface area contributed by atoms with Gasteiger partial charge in [-0.25, -0.2) is 0 Å². The van der Waals surface area contributed by atoms with E-state index in [4.69, 9.17) is 20.6 Å². The number of rotatable bonds is 3. The van der Waals surface area contributed by atoms with Crippen LogP contribution in [0.5, 0.6) is 11.5 Å². The van der Waals surface area contributed by atoms with Crippen LogP contribution in [0, 0.1) is 5.41 Å². The maximum atomic E-state index is 7.32. The quantitative estimate of drug-likeness (QED) is 0.637. The molecule has 0 bridgehead atoms. The molecular formula is C17H17BrN2O2. The number of halogens is 1. The molecule has 2 aromatic rings. The monoisotopic (exact) mass is 360 g/mol. The van der Waals surface area contributed by atoms with Gasteiger partial charge in [-0.15, -0.1) is 0 Å². The van der Waals surface area contributed by atoms with Crippen molar-refractivity contribution in [3.63, 3.8) is 0 Å². The summed E-state index contributed by atoms with van der Waals surface area (Å²) in [6.07, 6.45) is 0.957. The van der Waals surface area contributed by atoms with Crippen molar-refractivity contribution < 1.29 is 9.47 Å². The van der Waals surface area contributed by atoms with E-state index in [9.17, 15) is 0 Å². The Labute approximate surface area is 137 Å². The third-order valence-electron chi connectivity index (χ3n) is 3.83. The number of hydrogen-bond acceptors (Lipinski definition) is 3. The highest BCUT2D eigenvalue weighted by Gasteiger charge is 2.28. The number of fused-ring (bicyclic) bond motifs is 2. The molecule has 0 radical (unpaired) electrons. The Morgan fingerprint density at radius 3 is 2.59 bits per heavy atom. The van der Waals surface area contributed by atoms with Crippen molar-refractivity contribution >= 4 is 22.0 Å². The van der Waals surface area contributed by atoms with Gasteiger partial charge in [-0.2, -0.15) is 0 Å². The first-order chi connectivity index (χ1) is 10.6. The molecule has 3 N–H and O–H groups in total. The van der Waals surface area contributed by atoms with Crippen LogP contribution in [0.4, 0.5) is 0 Å². The summed E-state index contributed by atoms with van der Waals surface area (Å²) in [5.41, 5.74) is 8.71. The van der Waals surface area contributed by atoms with E-state index in [2.05, 4.69) is 35.0 Å². The zero-order valence-corrected chi connectivity index (χ0v) is 13.8. The molecule has 1 aliphatic rings. The molecule has 0 aromatic heterocycles. The summed E-state index contributed by atoms with van der Waals surface area (Å²) in [7, 11) is 0. The van der Waals surface area contributed by atoms with Gasteiger partial charge in [0.2, 0.25) is 0 Å². The van der Waals surface area contributed by atoms with Crippen molar-refractivity contribution in [3.05, 3.63) is 57.6 Å². The summed E-state index contributed by atoms with van der Waals surface area (Å²) >= 11 is 3.50. The van der Waals surface area contributed by atoms with Crippen molar-refractivity contribution in [3.8, 4) is 11.5 Å². The molecule has 0 spiro atoms. The molecule has 1 heterocycles. The molecule has 22 heavy (non-hydrogen) atoms. The summed E-state index contributed by atoms with van der Waals surface area (Å²) in [6, 6.07) is 11.9. The van der Waals surface area contributed by atoms with Gasteiger partial charge in [0.15, 0.2) is 0 Å². The minimum Gasteiger partial charge on any atom is -0.465 e. The minimum atomic E-state index is -0.267. The van der Waals surface area contributed by atoms with Crippen LogP contribution in [0.3, 0.4) is 0 Å². The highest BCUT2D eigenvalue weighted by molar-refractivity contribution is 9.10. The van der Waals surface area contributed by atoms with Crippen LogP contribution >= 0.6 is 15.9 Å². The standard InChI is InChI=1S/C17H17BrN2O2/c1-2-10-3-5-15-12(7-10)14(9-21-17(19)20)13-8-11(18)4-6-16(13)22-15/h3-8,14H,2,9H2,1H3,(H3,19,20). The maximum Gasteiger partial charge on any atom is 0.279 e. The lowest BCUT2D eigenvalue weighted by atomic mass is 9.87. The Hall–Kier alpha value is -2.01. The summed E-state index contributed by atoms with van der Waals surface area (Å²) in [4.78, 5) is 0. The Morgan fingerprint density at radius 1 is 1.23 bits per heavy atom. The fourth-order valence-electron chi connectivity index (χ4n) is 2.71. The van der Waals surface area contributed by atoms with Crippen molar-refractivity contribution in [1.82, 2.24) is 0 Å². The number of aryl methyl sites for hydroxylation is 1. The molecule has 114 valence electrons. The smallest absolute Gasteiger partial charge is 0.279 e. The van der Waals surface area contributed by atoms with E-state index in [1.165, 1.54) is 5.56 Å². The predicted octanol–water partition coefficient (Wildman–Crippen LogP) is 4.16. The second-order valence-electron chi connectivity index (χ2n) is 5.24. The normalized spacial score (nSPS) is 15.5. The molecule has 1 atom stereocenters. The van der Waals surface area contributed by atoms with Crippen LogP contribution in [-0.4, -0.2) is 12.6 Å². The second kappa shape index (κ2) is 6.01. The highest BCUT2D eigenvalue weighted by atomic mass is 79.9. The van der Waals surface area contributed by atoms with E-state index in [0.29, 0.717) is 6.61 Å². The SMILES string of the molecule is CCc1ccc2c(c1)C(COC(=N)N)c1cc(Br)ccc1O2. The summed E-state index contributed by atoms with van der Waals surface area (Å²) in [5, 5.41) is 7.32. The molecule has 1 aliphatic heterocycles. The molecule has 2 aromatic carbocycles. The number of amidine groups is 1. The molecule has 4 nitrogen and oxygen atoms in total. The average molecular weight is 361 g/mol. The fraction of sp³-hybridized carbons (Fsp3) is 0.235. The molecule has 0 saturated heterocycles. The summed E-state index contributed by atoms with van der Waals surface area (Å²) in [5.74, 6) is 1.65. The lowest BCUT2D eigenvalue weighted by Gasteiger charge is -2.28. The van der Waals surface area contributed by atoms with E-state index in [1.54, 1.807) is 0 Å². The number of nitrogens with two attached hydrogens (primary N) is 1. The molecule has 0 saturated carbocycles. The first-order valence-electron chi connectivity index (χ1n) is 7.15. The molecule has 5 heteroatoms. The fourth-order valence-corrected chi connectivity index (χ4v) is 3.09. The van der Waals surface area contributed by atoms with Crippen LogP contribution in [0.15, 0.2) is 40.9 Å². The van der Waals surface area contributed by atoms with Gasteiger partial charge in [0.1, 0.15) is 18.1 Å². The van der Waals surface area contributed by atoms with Crippen LogP contribution in [0.1, 0.15) is 29.5 Å². The minimum absolute atomic E-state index is 0.00773. The molecule has 0 fully saturated rings. The van der Waals surface area contributed by atoms with Crippen LogP contribution in [-0.2, 0) is 11.2 Å². The maximum absolute atomic E-state index is 7.32. The van der Waals surface area contributed by atoms with Crippen LogP contribution < -0.4 is 10.5 Å². The Bertz CT molecular complexity index is 731. The van der Waals surface area contributed by atoms with E-state index < -0.39 is 0 Å². The summed E-state index contributed by atoms with van der Waals surface area (Å²) < 4.78 is 12.3. The third-order valence-corrected chi connectivity index (χ3v) is 4.32. The van der Waals surface area contributed by atoms with Crippen LogP contribution in [0.2, 0.25) is 0 Å². The predicted molar refractivity (Wildman–Crippen MR) is 89.7 cm³/mol. The lowest BCUT2D eigenvalue weighted by molar-refractivity contribution is 0.274. The molecule has 3 rings (SSSR count). The van der Waals surface area contributed by atoms with Gasteiger partial charge in [-0.1, -0.05) is 35.0 Å². The Kier molecular flexibility index (Phi) is 4.07. The molecule has 1 unspecified atom stereocenters. The Balaban J connectivity index is 2.08. The topological polar surface area (TPSA) is 68.3 Å². The molecule has 0 amide bonds. The van der Waals surface area contributed by atoms with E-state index >= 15 is 0 Å². The van der Waals surface area contributed by atoms with Crippen molar-refractivity contribution in [2.24, 2.45) is 5.73 Å². The molecule has 0 aliphatic carbocycles. The average Bonchev–Trinajstić information content (AvgIpc) is 2.51. The van der Waals surface area contributed by atoms with Gasteiger partial charge in [-0.3, -0.25) is 5.41 Å². The number of ether oxygens (including phenoxy) is 2. The number of benzene rings is 2. The first-order valence-corrected chi connectivity index (χ1v) is 7.94.